The third kappa shape index (κ3) is 4.75. The van der Waals surface area contributed by atoms with Crippen molar-refractivity contribution in [3.8, 4) is 16.9 Å². The molecule has 5 rings (SSSR count). The van der Waals surface area contributed by atoms with E-state index in [4.69, 9.17) is 4.74 Å². The molecule has 2 aliphatic rings. The molecule has 0 saturated carbocycles. The highest BCUT2D eigenvalue weighted by molar-refractivity contribution is 7.92. The number of benzene rings is 3. The first-order valence-electron chi connectivity index (χ1n) is 11.9. The number of nitrogens with zero attached hydrogens (tertiary/aromatic N) is 2. The molecule has 2 heterocycles. The molecule has 2 aliphatic heterocycles. The number of likely N-dealkylation sites (N-methyl/N-ethyl adjacent to an activating group) is 1. The lowest BCUT2D eigenvalue weighted by atomic mass is 9.85. The predicted molar refractivity (Wildman–Crippen MR) is 135 cm³/mol. The molecule has 0 aliphatic carbocycles. The van der Waals surface area contributed by atoms with Crippen LogP contribution in [0.4, 0.5) is 24.5 Å². The molecule has 0 radical (unpaired) electrons. The van der Waals surface area contributed by atoms with Crippen LogP contribution in [0.3, 0.4) is 0 Å². The van der Waals surface area contributed by atoms with Gasteiger partial charge in [0.05, 0.1) is 28.4 Å². The lowest BCUT2D eigenvalue weighted by molar-refractivity contribution is -0.0499. The maximum atomic E-state index is 14.3. The molecular weight excluding hydrogens is 505 g/mol. The topological polar surface area (TPSA) is 59.1 Å². The van der Waals surface area contributed by atoms with Crippen LogP contribution in [-0.2, 0) is 14.8 Å². The highest BCUT2D eigenvalue weighted by Gasteiger charge is 2.46. The largest absolute Gasteiger partial charge is 0.435 e. The van der Waals surface area contributed by atoms with Crippen molar-refractivity contribution in [1.29, 1.82) is 0 Å². The highest BCUT2D eigenvalue weighted by Crippen LogP contribution is 2.46. The number of rotatable bonds is 5. The van der Waals surface area contributed by atoms with Gasteiger partial charge >= 0.3 is 6.61 Å². The molecule has 0 unspecified atom stereocenters. The zero-order valence-corrected chi connectivity index (χ0v) is 21.3. The molecule has 0 N–H and O–H groups in total. The van der Waals surface area contributed by atoms with E-state index in [0.29, 0.717) is 48.6 Å². The lowest BCUT2D eigenvalue weighted by Crippen LogP contribution is -2.61. The Morgan fingerprint density at radius 1 is 0.973 bits per heavy atom. The van der Waals surface area contributed by atoms with Crippen LogP contribution < -0.4 is 13.9 Å². The van der Waals surface area contributed by atoms with Crippen molar-refractivity contribution in [3.05, 3.63) is 72.0 Å². The number of anilines is 2. The molecule has 196 valence electrons. The van der Waals surface area contributed by atoms with Gasteiger partial charge < -0.3 is 14.4 Å². The van der Waals surface area contributed by atoms with Gasteiger partial charge in [0.1, 0.15) is 11.6 Å². The molecule has 10 heteroatoms. The Balaban J connectivity index is 1.66. The van der Waals surface area contributed by atoms with Gasteiger partial charge in [0, 0.05) is 26.3 Å². The lowest BCUT2D eigenvalue weighted by Gasteiger charge is -2.52. The minimum atomic E-state index is -3.96. The molecule has 1 saturated heterocycles. The summed E-state index contributed by atoms with van der Waals surface area (Å²) >= 11 is 0. The molecule has 1 fully saturated rings. The van der Waals surface area contributed by atoms with Gasteiger partial charge in [-0.1, -0.05) is 18.2 Å². The molecule has 0 aromatic heterocycles. The van der Waals surface area contributed by atoms with Gasteiger partial charge in [-0.3, -0.25) is 4.31 Å². The van der Waals surface area contributed by atoms with Crippen molar-refractivity contribution < 1.29 is 31.1 Å². The Morgan fingerprint density at radius 2 is 1.73 bits per heavy atom. The SMILES string of the molecule is Cc1cccc(S(=O)(=O)N2CC3(CCOCC3)N(C)c3ccc(-c4cc(F)cc(OC(F)F)c4)cc32)c1. The van der Waals surface area contributed by atoms with E-state index >= 15 is 0 Å². The van der Waals surface area contributed by atoms with Crippen LogP contribution in [-0.4, -0.2) is 47.4 Å². The second-order valence-electron chi connectivity index (χ2n) is 9.48. The van der Waals surface area contributed by atoms with Gasteiger partial charge in [-0.2, -0.15) is 8.78 Å². The second-order valence-corrected chi connectivity index (χ2v) is 11.3. The van der Waals surface area contributed by atoms with Gasteiger partial charge in [-0.25, -0.2) is 12.8 Å². The summed E-state index contributed by atoms with van der Waals surface area (Å²) in [5.41, 5.74) is 2.25. The van der Waals surface area contributed by atoms with E-state index in [1.54, 1.807) is 36.4 Å². The van der Waals surface area contributed by atoms with Gasteiger partial charge in [0.15, 0.2) is 0 Å². The summed E-state index contributed by atoms with van der Waals surface area (Å²) in [4.78, 5) is 2.28. The van der Waals surface area contributed by atoms with E-state index in [2.05, 4.69) is 9.64 Å². The first-order chi connectivity index (χ1) is 17.6. The van der Waals surface area contributed by atoms with Crippen molar-refractivity contribution in [2.45, 2.75) is 36.8 Å². The zero-order chi connectivity index (χ0) is 26.4. The van der Waals surface area contributed by atoms with Crippen LogP contribution in [0.15, 0.2) is 65.6 Å². The molecule has 3 aromatic rings. The Kier molecular flexibility index (Phi) is 6.57. The maximum absolute atomic E-state index is 14.3. The Labute approximate surface area is 214 Å². The number of ether oxygens (including phenoxy) is 2. The molecule has 3 aromatic carbocycles. The summed E-state index contributed by atoms with van der Waals surface area (Å²) in [7, 11) is -2.02. The molecule has 0 amide bonds. The molecule has 1 spiro atoms. The molecule has 0 atom stereocenters. The third-order valence-electron chi connectivity index (χ3n) is 7.19. The fraction of sp³-hybridized carbons (Fsp3) is 0.333. The van der Waals surface area contributed by atoms with E-state index in [1.807, 2.05) is 20.0 Å². The molecule has 6 nitrogen and oxygen atoms in total. The normalized spacial score (nSPS) is 17.2. The Hall–Kier alpha value is -3.24. The van der Waals surface area contributed by atoms with Crippen molar-refractivity contribution in [2.24, 2.45) is 0 Å². The number of hydrogen-bond acceptors (Lipinski definition) is 5. The fourth-order valence-corrected chi connectivity index (χ4v) is 6.82. The zero-order valence-electron chi connectivity index (χ0n) is 20.5. The van der Waals surface area contributed by atoms with E-state index in [9.17, 15) is 21.6 Å². The van der Waals surface area contributed by atoms with E-state index < -0.39 is 28.0 Å². The summed E-state index contributed by atoms with van der Waals surface area (Å²) in [6.45, 7) is -0.0171. The minimum absolute atomic E-state index is 0.175. The first kappa shape index (κ1) is 25.4. The predicted octanol–water partition coefficient (Wildman–Crippen LogP) is 5.60. The summed E-state index contributed by atoms with van der Waals surface area (Å²) in [5, 5.41) is 0. The Bertz CT molecular complexity index is 1420. The van der Waals surface area contributed by atoms with Crippen LogP contribution in [0.25, 0.3) is 11.1 Å². The summed E-state index contributed by atoms with van der Waals surface area (Å²) in [5.74, 6) is -1.06. The average molecular weight is 533 g/mol. The van der Waals surface area contributed by atoms with Crippen LogP contribution in [0.1, 0.15) is 18.4 Å². The maximum Gasteiger partial charge on any atom is 0.387 e. The molecule has 37 heavy (non-hydrogen) atoms. The van der Waals surface area contributed by atoms with E-state index in [-0.39, 0.29) is 17.2 Å². The average Bonchev–Trinajstić information content (AvgIpc) is 2.86. The number of halogens is 3. The molecular formula is C27H27F3N2O4S. The second kappa shape index (κ2) is 9.57. The van der Waals surface area contributed by atoms with E-state index in [0.717, 1.165) is 11.6 Å². The number of alkyl halides is 2. The van der Waals surface area contributed by atoms with Crippen LogP contribution in [0.5, 0.6) is 5.75 Å². The van der Waals surface area contributed by atoms with Crippen molar-refractivity contribution >= 4 is 21.4 Å². The summed E-state index contributed by atoms with van der Waals surface area (Å²) < 4.78 is 79.3. The summed E-state index contributed by atoms with van der Waals surface area (Å²) in [6, 6.07) is 15.3. The fourth-order valence-electron chi connectivity index (χ4n) is 5.16. The van der Waals surface area contributed by atoms with Gasteiger partial charge in [0.2, 0.25) is 0 Å². The van der Waals surface area contributed by atoms with Gasteiger partial charge in [0.25, 0.3) is 10.0 Å². The number of fused-ring (bicyclic) bond motifs is 1. The van der Waals surface area contributed by atoms with Crippen molar-refractivity contribution in [2.75, 3.05) is 36.0 Å². The van der Waals surface area contributed by atoms with Crippen molar-refractivity contribution in [3.63, 3.8) is 0 Å². The first-order valence-corrected chi connectivity index (χ1v) is 13.3. The van der Waals surface area contributed by atoms with Gasteiger partial charge in [-0.15, -0.1) is 0 Å². The Morgan fingerprint density at radius 3 is 2.43 bits per heavy atom. The minimum Gasteiger partial charge on any atom is -0.435 e. The summed E-state index contributed by atoms with van der Waals surface area (Å²) in [6.07, 6.45) is 1.31. The monoisotopic (exact) mass is 532 g/mol. The highest BCUT2D eigenvalue weighted by atomic mass is 32.2. The van der Waals surface area contributed by atoms with Crippen LogP contribution in [0, 0.1) is 12.7 Å². The standard InChI is InChI=1S/C27H27F3N2O4S/c1-18-4-3-5-23(12-18)37(33,34)32-17-27(8-10-35-11-9-27)31(2)24-7-6-19(15-25(24)32)20-13-21(28)16-22(14-20)36-26(29)30/h3-7,12-16,26H,8-11,17H2,1-2H3. The number of sulfonamides is 1. The quantitative estimate of drug-likeness (QED) is 0.428. The van der Waals surface area contributed by atoms with Crippen LogP contribution in [0.2, 0.25) is 0 Å². The smallest absolute Gasteiger partial charge is 0.387 e. The third-order valence-corrected chi connectivity index (χ3v) is 8.94. The van der Waals surface area contributed by atoms with Crippen LogP contribution >= 0.6 is 0 Å². The number of aryl methyl sites for hydroxylation is 1. The number of hydrogen-bond donors (Lipinski definition) is 0. The molecule has 0 bridgehead atoms. The van der Waals surface area contributed by atoms with Gasteiger partial charge in [-0.05, 0) is 72.9 Å². The van der Waals surface area contributed by atoms with E-state index in [1.165, 1.54) is 16.4 Å². The van der Waals surface area contributed by atoms with Crippen molar-refractivity contribution in [1.82, 2.24) is 0 Å².